The summed E-state index contributed by atoms with van der Waals surface area (Å²) in [5, 5.41) is 8.60. The fraction of sp³-hybridized carbons (Fsp3) is 0.467. The molecule has 114 valence electrons. The summed E-state index contributed by atoms with van der Waals surface area (Å²) in [4.78, 5) is 24.3. The van der Waals surface area contributed by atoms with Crippen molar-refractivity contribution in [1.82, 2.24) is 4.90 Å². The Bertz CT molecular complexity index is 512. The van der Waals surface area contributed by atoms with Crippen LogP contribution in [0.25, 0.3) is 0 Å². The number of benzene rings is 1. The maximum absolute atomic E-state index is 12.2. The number of amides is 1. The second kappa shape index (κ2) is 6.24. The summed E-state index contributed by atoms with van der Waals surface area (Å²) < 4.78 is 5.27. The van der Waals surface area contributed by atoms with Crippen LogP contribution in [0, 0.1) is 0 Å². The zero-order chi connectivity index (χ0) is 15.5. The van der Waals surface area contributed by atoms with E-state index in [2.05, 4.69) is 0 Å². The van der Waals surface area contributed by atoms with Gasteiger partial charge in [0.05, 0.1) is 19.1 Å². The van der Waals surface area contributed by atoms with Gasteiger partial charge in [0.1, 0.15) is 12.2 Å². The van der Waals surface area contributed by atoms with E-state index in [-0.39, 0.29) is 12.5 Å². The van der Waals surface area contributed by atoms with Crippen molar-refractivity contribution >= 4 is 11.9 Å². The van der Waals surface area contributed by atoms with Gasteiger partial charge >= 0.3 is 5.97 Å². The molecule has 0 spiro atoms. The van der Waals surface area contributed by atoms with E-state index < -0.39 is 17.6 Å². The lowest BCUT2D eigenvalue weighted by atomic mass is 9.94. The number of carboxylic acid groups (broad SMARTS) is 1. The first-order valence-corrected chi connectivity index (χ1v) is 6.84. The van der Waals surface area contributed by atoms with Crippen LogP contribution in [-0.4, -0.2) is 53.2 Å². The van der Waals surface area contributed by atoms with E-state index in [1.807, 2.05) is 30.3 Å². The molecule has 1 aromatic rings. The third-order valence-electron chi connectivity index (χ3n) is 3.52. The highest BCUT2D eigenvalue weighted by molar-refractivity contribution is 5.83. The molecule has 1 fully saturated rings. The van der Waals surface area contributed by atoms with Gasteiger partial charge in [0.2, 0.25) is 5.91 Å². The monoisotopic (exact) mass is 292 g/mol. The molecular weight excluding hydrogens is 272 g/mol. The summed E-state index contributed by atoms with van der Waals surface area (Å²) in [6, 6.07) is 9.01. The molecule has 1 aliphatic heterocycles. The summed E-state index contributed by atoms with van der Waals surface area (Å²) in [5.74, 6) is -1.14. The number of nitrogens with zero attached hydrogens (tertiary/aromatic N) is 1. The number of carbonyl (C=O) groups is 2. The summed E-state index contributed by atoms with van der Waals surface area (Å²) in [5.41, 5.74) is 6.38. The minimum Gasteiger partial charge on any atom is -0.480 e. The largest absolute Gasteiger partial charge is 0.480 e. The minimum atomic E-state index is -1.01. The predicted octanol–water partition coefficient (Wildman–Crippen LogP) is 0.259. The van der Waals surface area contributed by atoms with Crippen LogP contribution in [0.3, 0.4) is 0 Å². The molecule has 0 aromatic heterocycles. The Kier molecular flexibility index (Phi) is 4.59. The standard InChI is InChI=1S/C15H20N2O4/c1-15(21-8-13(18)19)9-17(10-15)14(20)12(16)7-11-5-3-2-4-6-11/h2-6,12H,7-10,16H2,1H3,(H,18,19)/t12-/m1/s1. The summed E-state index contributed by atoms with van der Waals surface area (Å²) in [7, 11) is 0. The van der Waals surface area contributed by atoms with Crippen LogP contribution in [0.5, 0.6) is 0 Å². The lowest BCUT2D eigenvalue weighted by Gasteiger charge is -2.48. The number of rotatable bonds is 6. The third kappa shape index (κ3) is 4.03. The number of hydrogen-bond acceptors (Lipinski definition) is 4. The van der Waals surface area contributed by atoms with E-state index in [1.165, 1.54) is 0 Å². The molecule has 2 rings (SSSR count). The van der Waals surface area contributed by atoms with E-state index in [0.717, 1.165) is 5.56 Å². The molecule has 1 aliphatic rings. The first-order chi connectivity index (χ1) is 9.89. The number of nitrogens with two attached hydrogens (primary N) is 1. The maximum Gasteiger partial charge on any atom is 0.329 e. The van der Waals surface area contributed by atoms with Gasteiger partial charge < -0.3 is 20.5 Å². The van der Waals surface area contributed by atoms with Crippen molar-refractivity contribution in [2.24, 2.45) is 5.73 Å². The van der Waals surface area contributed by atoms with E-state index in [0.29, 0.717) is 19.5 Å². The SMILES string of the molecule is CC1(OCC(=O)O)CN(C(=O)[C@H](N)Cc2ccccc2)C1. The maximum atomic E-state index is 12.2. The van der Waals surface area contributed by atoms with Crippen LogP contribution < -0.4 is 5.73 Å². The van der Waals surface area contributed by atoms with Gasteiger partial charge in [-0.05, 0) is 18.9 Å². The van der Waals surface area contributed by atoms with Crippen molar-refractivity contribution in [3.05, 3.63) is 35.9 Å². The van der Waals surface area contributed by atoms with Gasteiger partial charge in [-0.2, -0.15) is 0 Å². The Hall–Kier alpha value is -1.92. The third-order valence-corrected chi connectivity index (χ3v) is 3.52. The molecule has 21 heavy (non-hydrogen) atoms. The lowest BCUT2D eigenvalue weighted by molar-refractivity contribution is -0.174. The zero-order valence-corrected chi connectivity index (χ0v) is 12.0. The lowest BCUT2D eigenvalue weighted by Crippen LogP contribution is -2.66. The smallest absolute Gasteiger partial charge is 0.329 e. The molecule has 1 atom stereocenters. The highest BCUT2D eigenvalue weighted by atomic mass is 16.5. The number of carboxylic acids is 1. The van der Waals surface area contributed by atoms with Gasteiger partial charge in [-0.15, -0.1) is 0 Å². The normalized spacial score (nSPS) is 17.9. The average molecular weight is 292 g/mol. The molecule has 0 radical (unpaired) electrons. The van der Waals surface area contributed by atoms with Crippen molar-refractivity contribution in [2.45, 2.75) is 25.0 Å². The summed E-state index contributed by atoms with van der Waals surface area (Å²) in [6.45, 7) is 2.19. The molecule has 0 saturated carbocycles. The van der Waals surface area contributed by atoms with E-state index in [1.54, 1.807) is 11.8 Å². The average Bonchev–Trinajstić information content (AvgIpc) is 2.42. The molecule has 1 saturated heterocycles. The van der Waals surface area contributed by atoms with Gasteiger partial charge in [0, 0.05) is 0 Å². The molecule has 6 nitrogen and oxygen atoms in total. The molecule has 6 heteroatoms. The number of hydrogen-bond donors (Lipinski definition) is 2. The van der Waals surface area contributed by atoms with E-state index in [9.17, 15) is 9.59 Å². The van der Waals surface area contributed by atoms with Gasteiger partial charge in [-0.3, -0.25) is 4.79 Å². The quantitative estimate of drug-likeness (QED) is 0.784. The highest BCUT2D eigenvalue weighted by Crippen LogP contribution is 2.25. The van der Waals surface area contributed by atoms with Gasteiger partial charge in [-0.1, -0.05) is 30.3 Å². The van der Waals surface area contributed by atoms with Crippen LogP contribution >= 0.6 is 0 Å². The summed E-state index contributed by atoms with van der Waals surface area (Å²) >= 11 is 0. The van der Waals surface area contributed by atoms with E-state index >= 15 is 0 Å². The van der Waals surface area contributed by atoms with Crippen LogP contribution in [0.1, 0.15) is 12.5 Å². The number of aliphatic carboxylic acids is 1. The Labute approximate surface area is 123 Å². The Balaban J connectivity index is 1.81. The van der Waals surface area contributed by atoms with Gasteiger partial charge in [-0.25, -0.2) is 4.79 Å². The van der Waals surface area contributed by atoms with Crippen molar-refractivity contribution in [3.63, 3.8) is 0 Å². The van der Waals surface area contributed by atoms with Gasteiger partial charge in [0.25, 0.3) is 0 Å². The molecule has 3 N–H and O–H groups in total. The highest BCUT2D eigenvalue weighted by Gasteiger charge is 2.43. The van der Waals surface area contributed by atoms with Crippen molar-refractivity contribution in [2.75, 3.05) is 19.7 Å². The first kappa shape index (κ1) is 15.5. The van der Waals surface area contributed by atoms with Crippen LogP contribution in [-0.2, 0) is 20.7 Å². The molecule has 0 bridgehead atoms. The Morgan fingerprint density at radius 3 is 2.57 bits per heavy atom. The molecule has 0 aliphatic carbocycles. The fourth-order valence-electron chi connectivity index (χ4n) is 2.43. The second-order valence-corrected chi connectivity index (χ2v) is 5.62. The topological polar surface area (TPSA) is 92.9 Å². The second-order valence-electron chi connectivity index (χ2n) is 5.62. The summed E-state index contributed by atoms with van der Waals surface area (Å²) in [6.07, 6.45) is 0.489. The number of likely N-dealkylation sites (tertiary alicyclic amines) is 1. The Morgan fingerprint density at radius 1 is 1.38 bits per heavy atom. The Morgan fingerprint density at radius 2 is 2.00 bits per heavy atom. The zero-order valence-electron chi connectivity index (χ0n) is 12.0. The van der Waals surface area contributed by atoms with Crippen molar-refractivity contribution in [3.8, 4) is 0 Å². The fourth-order valence-corrected chi connectivity index (χ4v) is 2.43. The number of carbonyl (C=O) groups excluding carboxylic acids is 1. The molecule has 0 unspecified atom stereocenters. The van der Waals surface area contributed by atoms with Crippen molar-refractivity contribution < 1.29 is 19.4 Å². The van der Waals surface area contributed by atoms with Crippen LogP contribution in [0.4, 0.5) is 0 Å². The molecule has 1 aromatic carbocycles. The number of ether oxygens (including phenoxy) is 1. The molecule has 1 amide bonds. The molecule has 1 heterocycles. The minimum absolute atomic E-state index is 0.129. The van der Waals surface area contributed by atoms with E-state index in [4.69, 9.17) is 15.6 Å². The van der Waals surface area contributed by atoms with Crippen molar-refractivity contribution in [1.29, 1.82) is 0 Å². The first-order valence-electron chi connectivity index (χ1n) is 6.84. The van der Waals surface area contributed by atoms with Crippen LogP contribution in [0.2, 0.25) is 0 Å². The predicted molar refractivity (Wildman–Crippen MR) is 76.7 cm³/mol. The van der Waals surface area contributed by atoms with Crippen LogP contribution in [0.15, 0.2) is 30.3 Å². The molecular formula is C15H20N2O4. The van der Waals surface area contributed by atoms with Gasteiger partial charge in [0.15, 0.2) is 0 Å².